The number of benzene rings is 4. The van der Waals surface area contributed by atoms with Crippen LogP contribution in [0.5, 0.6) is 11.5 Å². The molecule has 1 aliphatic rings. The van der Waals surface area contributed by atoms with E-state index in [9.17, 15) is 19.2 Å². The van der Waals surface area contributed by atoms with Gasteiger partial charge in [0.1, 0.15) is 27.7 Å². The number of isothiocyanates is 1. The third-order valence-electron chi connectivity index (χ3n) is 8.05. The standard InChI is InChI=1S/C18H14N4O3S.C13H13N3O2S.C13H18N2O4/c23-16(24)10-25-15-3-1-2-11(7-15)17-21-22-18(26-17)20-14-5-4-12-8-19-9-13(12)6-14;1-13(2,3)18-12(17)16-11-5-4-10(14-8-19)6-9(11)7-15-16;1-13(2,3)19-11(16)8-18-10-6-4-5-9(7-10)12(17)15-14/h1-7,9H,8,10H2,(H,20,22)(H,23,24);4-7H,1-3H3;4-7H,8,14H2,1-3H3,(H,15,17). The molecule has 0 spiro atoms. The highest BCUT2D eigenvalue weighted by molar-refractivity contribution is 7.78. The third kappa shape index (κ3) is 14.6. The quantitative estimate of drug-likeness (QED) is 0.0241. The number of nitrogens with zero attached hydrogens (tertiary/aromatic N) is 6. The number of anilines is 2. The van der Waals surface area contributed by atoms with Crippen LogP contribution in [0.25, 0.3) is 21.5 Å². The molecule has 332 valence electrons. The van der Waals surface area contributed by atoms with Gasteiger partial charge in [0, 0.05) is 28.4 Å². The Morgan fingerprint density at radius 3 is 2.31 bits per heavy atom. The van der Waals surface area contributed by atoms with Gasteiger partial charge in [-0.2, -0.15) is 14.8 Å². The number of hydrogen-bond acceptors (Lipinski definition) is 17. The number of hydrogen-bond donors (Lipinski definition) is 4. The first-order valence-electron chi connectivity index (χ1n) is 19.3. The summed E-state index contributed by atoms with van der Waals surface area (Å²) in [5.74, 6) is 3.99. The van der Waals surface area contributed by atoms with Crippen molar-refractivity contribution in [1.82, 2.24) is 25.4 Å². The number of hydrazine groups is 1. The van der Waals surface area contributed by atoms with E-state index in [1.54, 1.807) is 81.6 Å². The van der Waals surface area contributed by atoms with E-state index in [0.717, 1.165) is 33.8 Å². The Hall–Kier alpha value is -7.38. The molecule has 20 heteroatoms. The Morgan fingerprint density at radius 2 is 1.61 bits per heavy atom. The van der Waals surface area contributed by atoms with Crippen LogP contribution in [0.4, 0.5) is 21.3 Å². The second-order valence-corrected chi connectivity index (χ2v) is 16.7. The van der Waals surface area contributed by atoms with Crippen LogP contribution in [-0.4, -0.2) is 84.8 Å². The zero-order valence-electron chi connectivity index (χ0n) is 35.6. The van der Waals surface area contributed by atoms with E-state index >= 15 is 0 Å². The Kier molecular flexibility index (Phi) is 16.1. The highest BCUT2D eigenvalue weighted by atomic mass is 32.1. The van der Waals surface area contributed by atoms with Crippen molar-refractivity contribution in [3.05, 3.63) is 108 Å². The molecule has 1 aliphatic heterocycles. The molecule has 4 aromatic carbocycles. The van der Waals surface area contributed by atoms with Gasteiger partial charge >= 0.3 is 18.0 Å². The van der Waals surface area contributed by atoms with Crippen LogP contribution in [0, 0.1) is 0 Å². The predicted molar refractivity (Wildman–Crippen MR) is 245 cm³/mol. The molecule has 0 unspecified atom stereocenters. The molecule has 6 aromatic rings. The molecule has 5 N–H and O–H groups in total. The molecule has 0 radical (unpaired) electrons. The van der Waals surface area contributed by atoms with Crippen LogP contribution in [0.15, 0.2) is 101 Å². The SMILES string of the molecule is CC(C)(C)OC(=O)COc1cccc(C(=O)NN)c1.CC(C)(C)OC(=O)n1ncc2cc(N=C=S)ccc21.O=C(O)COc1cccc(-c2nnc(Nc3ccc4c(c3)C=NC4)s2)c1. The van der Waals surface area contributed by atoms with E-state index in [4.69, 9.17) is 29.9 Å². The number of fused-ring (bicyclic) bond motifs is 2. The number of rotatable bonds is 11. The van der Waals surface area contributed by atoms with Gasteiger partial charge in [-0.25, -0.2) is 20.2 Å². The van der Waals surface area contributed by atoms with Gasteiger partial charge in [0.2, 0.25) is 5.13 Å². The monoisotopic (exact) mass is 907 g/mol. The number of nitrogen functional groups attached to an aromatic ring is 1. The summed E-state index contributed by atoms with van der Waals surface area (Å²) in [7, 11) is 0. The first-order chi connectivity index (χ1) is 30.4. The van der Waals surface area contributed by atoms with Crippen molar-refractivity contribution in [2.75, 3.05) is 18.5 Å². The van der Waals surface area contributed by atoms with Crippen molar-refractivity contribution >= 4 is 86.3 Å². The lowest BCUT2D eigenvalue weighted by Crippen LogP contribution is -2.30. The van der Waals surface area contributed by atoms with E-state index in [-0.39, 0.29) is 13.2 Å². The largest absolute Gasteiger partial charge is 0.482 e. The highest BCUT2D eigenvalue weighted by Crippen LogP contribution is 2.31. The first-order valence-corrected chi connectivity index (χ1v) is 20.5. The summed E-state index contributed by atoms with van der Waals surface area (Å²) in [6.45, 7) is 10.9. The third-order valence-corrected chi connectivity index (χ3v) is 9.03. The van der Waals surface area contributed by atoms with Gasteiger partial charge in [0.25, 0.3) is 5.91 Å². The molecule has 1 amide bonds. The minimum Gasteiger partial charge on any atom is -0.482 e. The maximum absolute atomic E-state index is 12.0. The van der Waals surface area contributed by atoms with Crippen LogP contribution >= 0.6 is 23.6 Å². The second kappa shape index (κ2) is 21.6. The number of amides is 1. The molecule has 0 bridgehead atoms. The average Bonchev–Trinajstić information content (AvgIpc) is 4.02. The highest BCUT2D eigenvalue weighted by Gasteiger charge is 2.20. The molecule has 7 rings (SSSR count). The van der Waals surface area contributed by atoms with Crippen molar-refractivity contribution < 1.29 is 43.2 Å². The van der Waals surface area contributed by atoms with E-state index in [1.807, 2.05) is 50.6 Å². The van der Waals surface area contributed by atoms with E-state index in [2.05, 4.69) is 54.0 Å². The fourth-order valence-electron chi connectivity index (χ4n) is 5.47. The van der Waals surface area contributed by atoms with Crippen molar-refractivity contribution in [2.24, 2.45) is 15.8 Å². The van der Waals surface area contributed by atoms with Crippen LogP contribution in [0.1, 0.15) is 63.0 Å². The first kappa shape index (κ1) is 47.7. The van der Waals surface area contributed by atoms with Gasteiger partial charge in [-0.3, -0.25) is 15.2 Å². The molecule has 2 aromatic heterocycles. The summed E-state index contributed by atoms with van der Waals surface area (Å²) in [4.78, 5) is 53.5. The summed E-state index contributed by atoms with van der Waals surface area (Å²) >= 11 is 5.96. The summed E-state index contributed by atoms with van der Waals surface area (Å²) in [5.41, 5.74) is 6.67. The number of aliphatic imine (C=N–C) groups is 2. The number of nitrogens with two attached hydrogens (primary N) is 1. The van der Waals surface area contributed by atoms with Crippen molar-refractivity contribution in [3.8, 4) is 22.1 Å². The van der Waals surface area contributed by atoms with Crippen molar-refractivity contribution in [2.45, 2.75) is 59.3 Å². The number of aliphatic carboxylic acids is 1. The second-order valence-electron chi connectivity index (χ2n) is 15.5. The summed E-state index contributed by atoms with van der Waals surface area (Å²) in [5, 5.41) is 28.8. The van der Waals surface area contributed by atoms with E-state index in [0.29, 0.717) is 33.4 Å². The lowest BCUT2D eigenvalue weighted by Gasteiger charge is -2.19. The van der Waals surface area contributed by atoms with Gasteiger partial charge in [-0.1, -0.05) is 35.6 Å². The maximum atomic E-state index is 12.0. The van der Waals surface area contributed by atoms with Gasteiger partial charge in [0.15, 0.2) is 13.2 Å². The zero-order valence-corrected chi connectivity index (χ0v) is 37.3. The fourth-order valence-corrected chi connectivity index (χ4v) is 6.34. The summed E-state index contributed by atoms with van der Waals surface area (Å²) < 4.78 is 22.1. The van der Waals surface area contributed by atoms with Crippen molar-refractivity contribution in [1.29, 1.82) is 0 Å². The number of thiocarbonyl (C=S) groups is 1. The molecule has 18 nitrogen and oxygen atoms in total. The summed E-state index contributed by atoms with van der Waals surface area (Å²) in [6.07, 6.45) is 2.95. The smallest absolute Gasteiger partial charge is 0.435 e. The molecule has 0 saturated carbocycles. The summed E-state index contributed by atoms with van der Waals surface area (Å²) in [6, 6.07) is 24.8. The lowest BCUT2D eigenvalue weighted by molar-refractivity contribution is -0.157. The molecular weight excluding hydrogens is 863 g/mol. The number of aromatic nitrogens is 4. The molecule has 3 heterocycles. The minimum absolute atomic E-state index is 0.217. The molecule has 64 heavy (non-hydrogen) atoms. The average molecular weight is 908 g/mol. The fraction of sp³-hybridized carbons (Fsp3) is 0.250. The number of esters is 1. The van der Waals surface area contributed by atoms with Gasteiger partial charge in [0.05, 0.1) is 29.1 Å². The predicted octanol–water partition coefficient (Wildman–Crippen LogP) is 7.91. The molecule has 0 aliphatic carbocycles. The zero-order chi connectivity index (χ0) is 46.4. The van der Waals surface area contributed by atoms with Gasteiger partial charge in [-0.05, 0) is 126 Å². The number of carboxylic acids is 1. The van der Waals surface area contributed by atoms with Crippen molar-refractivity contribution in [3.63, 3.8) is 0 Å². The molecular formula is C44H45N9O9S2. The Bertz CT molecular complexity index is 2710. The van der Waals surface area contributed by atoms with E-state index in [1.165, 1.54) is 27.6 Å². The van der Waals surface area contributed by atoms with Crippen LogP contribution in [0.2, 0.25) is 0 Å². The number of carbonyl (C=O) groups excluding carboxylic acids is 3. The van der Waals surface area contributed by atoms with Gasteiger partial charge in [-0.15, -0.1) is 10.2 Å². The number of ether oxygens (including phenoxy) is 4. The van der Waals surface area contributed by atoms with Gasteiger partial charge < -0.3 is 29.4 Å². The van der Waals surface area contributed by atoms with Crippen LogP contribution < -0.4 is 26.1 Å². The van der Waals surface area contributed by atoms with Crippen LogP contribution in [0.3, 0.4) is 0 Å². The Balaban J connectivity index is 0.000000185. The van der Waals surface area contributed by atoms with Crippen LogP contribution in [-0.2, 0) is 25.6 Å². The Labute approximate surface area is 377 Å². The number of carboxylic acid groups (broad SMARTS) is 1. The normalized spacial score (nSPS) is 11.4. The number of carbonyl (C=O) groups is 4. The van der Waals surface area contributed by atoms with E-state index < -0.39 is 35.1 Å². The number of nitrogens with one attached hydrogen (secondary N) is 2. The lowest BCUT2D eigenvalue weighted by atomic mass is 10.1. The molecule has 0 saturated heterocycles. The molecule has 0 atom stereocenters. The molecule has 0 fully saturated rings. The Morgan fingerprint density at radius 1 is 0.891 bits per heavy atom. The maximum Gasteiger partial charge on any atom is 0.435 e. The topological polar surface area (TPSA) is 244 Å². The minimum atomic E-state index is -1.02.